The summed E-state index contributed by atoms with van der Waals surface area (Å²) in [6.45, 7) is 2.07. The Morgan fingerprint density at radius 3 is 2.89 bits per heavy atom. The zero-order valence-electron chi connectivity index (χ0n) is 14.9. The molecule has 0 aliphatic carbocycles. The van der Waals surface area contributed by atoms with Crippen molar-refractivity contribution in [2.24, 2.45) is 0 Å². The first kappa shape index (κ1) is 17.6. The van der Waals surface area contributed by atoms with Crippen molar-refractivity contribution in [3.8, 4) is 10.4 Å². The molecular weight excluding hydrogens is 406 g/mol. The molecule has 0 fully saturated rings. The number of fused-ring (bicyclic) bond motifs is 2. The fourth-order valence-corrected chi connectivity index (χ4v) is 6.00. The second-order valence-electron chi connectivity index (χ2n) is 6.37. The van der Waals surface area contributed by atoms with Gasteiger partial charge in [-0.25, -0.2) is 4.98 Å². The number of nitrogens with zero attached hydrogens (tertiary/aromatic N) is 2. The molecule has 5 aromatic rings. The van der Waals surface area contributed by atoms with Crippen LogP contribution in [0.5, 0.6) is 0 Å². The summed E-state index contributed by atoms with van der Waals surface area (Å²) >= 11 is 4.89. The van der Waals surface area contributed by atoms with Crippen LogP contribution in [0.2, 0.25) is 0 Å². The van der Waals surface area contributed by atoms with Gasteiger partial charge in [0.2, 0.25) is 0 Å². The number of para-hydroxylation sites is 1. The number of pyridine rings is 1. The molecule has 138 valence electrons. The number of hydrogen-bond acceptors (Lipinski definition) is 6. The van der Waals surface area contributed by atoms with Gasteiger partial charge in [-0.15, -0.1) is 34.4 Å². The van der Waals surface area contributed by atoms with Crippen LogP contribution in [0.4, 0.5) is 0 Å². The van der Waals surface area contributed by atoms with Crippen molar-refractivity contribution in [1.82, 2.24) is 15.0 Å². The highest BCUT2D eigenvalue weighted by Crippen LogP contribution is 2.35. The first-order valence-electron chi connectivity index (χ1n) is 8.73. The summed E-state index contributed by atoms with van der Waals surface area (Å²) in [5.41, 5.74) is 1.88. The van der Waals surface area contributed by atoms with Gasteiger partial charge in [-0.3, -0.25) is 9.78 Å². The van der Waals surface area contributed by atoms with Crippen molar-refractivity contribution in [2.45, 2.75) is 17.6 Å². The smallest absolute Gasteiger partial charge is 0.260 e. The summed E-state index contributed by atoms with van der Waals surface area (Å²) in [5, 5.41) is 3.84. The maximum atomic E-state index is 12.8. The first-order valence-corrected chi connectivity index (χ1v) is 11.4. The Bertz CT molecular complexity index is 1360. The van der Waals surface area contributed by atoms with Gasteiger partial charge in [-0.05, 0) is 31.2 Å². The Balaban J connectivity index is 1.48. The number of aryl methyl sites for hydroxylation is 1. The topological polar surface area (TPSA) is 58.6 Å². The average molecular weight is 422 g/mol. The van der Waals surface area contributed by atoms with Crippen LogP contribution in [0.1, 0.15) is 10.7 Å². The number of hydrogen-bond donors (Lipinski definition) is 1. The van der Waals surface area contributed by atoms with Crippen molar-refractivity contribution < 1.29 is 0 Å². The number of thiophene rings is 2. The minimum atomic E-state index is -0.0671. The highest BCUT2D eigenvalue weighted by atomic mass is 32.2. The van der Waals surface area contributed by atoms with Crippen LogP contribution < -0.4 is 5.56 Å². The van der Waals surface area contributed by atoms with Gasteiger partial charge in [-0.2, -0.15) is 0 Å². The molecule has 0 radical (unpaired) electrons. The molecule has 28 heavy (non-hydrogen) atoms. The minimum Gasteiger partial charge on any atom is -0.309 e. The molecule has 1 N–H and O–H groups in total. The molecule has 0 spiro atoms. The van der Waals surface area contributed by atoms with E-state index in [2.05, 4.69) is 35.1 Å². The molecule has 4 heterocycles. The van der Waals surface area contributed by atoms with Crippen LogP contribution in [-0.2, 0) is 5.75 Å². The van der Waals surface area contributed by atoms with E-state index in [4.69, 9.17) is 4.98 Å². The standard InChI is InChI=1S/C21H15N3OS3/c1-12-6-7-17(28-12)14-10-27-21-19(14)20(25)23-18(24-21)11-26-16-8-9-22-15-5-3-2-4-13(15)16/h2-10H,11H2,1H3,(H,23,24,25). The van der Waals surface area contributed by atoms with Crippen LogP contribution in [0, 0.1) is 6.92 Å². The van der Waals surface area contributed by atoms with Gasteiger partial charge in [0.15, 0.2) is 0 Å². The van der Waals surface area contributed by atoms with E-state index in [1.54, 1.807) is 23.1 Å². The van der Waals surface area contributed by atoms with E-state index in [0.717, 1.165) is 31.1 Å². The van der Waals surface area contributed by atoms with Crippen molar-refractivity contribution in [3.05, 3.63) is 75.1 Å². The SMILES string of the molecule is Cc1ccc(-c2csc3nc(CSc4ccnc5ccccc45)[nH]c(=O)c23)s1. The van der Waals surface area contributed by atoms with Crippen LogP contribution in [0.3, 0.4) is 0 Å². The monoisotopic (exact) mass is 421 g/mol. The Labute approximate surface area is 173 Å². The van der Waals surface area contributed by atoms with E-state index < -0.39 is 0 Å². The van der Waals surface area contributed by atoms with Gasteiger partial charge < -0.3 is 4.98 Å². The lowest BCUT2D eigenvalue weighted by Crippen LogP contribution is -2.10. The molecule has 1 aromatic carbocycles. The van der Waals surface area contributed by atoms with Gasteiger partial charge in [-0.1, -0.05) is 18.2 Å². The molecule has 0 unspecified atom stereocenters. The molecule has 0 aliphatic heterocycles. The molecule has 0 aliphatic rings. The van der Waals surface area contributed by atoms with E-state index in [1.807, 2.05) is 35.8 Å². The van der Waals surface area contributed by atoms with Gasteiger partial charge in [0.05, 0.1) is 16.7 Å². The predicted octanol–water partition coefficient (Wildman–Crippen LogP) is 5.86. The van der Waals surface area contributed by atoms with E-state index in [1.165, 1.54) is 16.2 Å². The van der Waals surface area contributed by atoms with Crippen LogP contribution >= 0.6 is 34.4 Å². The minimum absolute atomic E-state index is 0.0671. The number of H-pyrrole nitrogens is 1. The van der Waals surface area contributed by atoms with Crippen LogP contribution in [-0.4, -0.2) is 15.0 Å². The molecule has 4 aromatic heterocycles. The lowest BCUT2D eigenvalue weighted by molar-refractivity contribution is 1.05. The predicted molar refractivity (Wildman–Crippen MR) is 120 cm³/mol. The second kappa shape index (κ2) is 7.16. The fourth-order valence-electron chi connectivity index (χ4n) is 3.16. The highest BCUT2D eigenvalue weighted by Gasteiger charge is 2.14. The molecule has 7 heteroatoms. The van der Waals surface area contributed by atoms with Crippen LogP contribution in [0.25, 0.3) is 31.6 Å². The first-order chi connectivity index (χ1) is 13.7. The van der Waals surface area contributed by atoms with Gasteiger partial charge in [0.25, 0.3) is 5.56 Å². The van der Waals surface area contributed by atoms with Crippen molar-refractivity contribution >= 4 is 55.6 Å². The largest absolute Gasteiger partial charge is 0.309 e. The summed E-state index contributed by atoms with van der Waals surface area (Å²) in [4.78, 5) is 29.1. The van der Waals surface area contributed by atoms with E-state index >= 15 is 0 Å². The third-order valence-electron chi connectivity index (χ3n) is 4.47. The maximum absolute atomic E-state index is 12.8. The summed E-state index contributed by atoms with van der Waals surface area (Å²) in [5.74, 6) is 1.30. The third kappa shape index (κ3) is 3.15. The van der Waals surface area contributed by atoms with E-state index in [0.29, 0.717) is 17.0 Å². The summed E-state index contributed by atoms with van der Waals surface area (Å²) in [6.07, 6.45) is 1.82. The molecule has 0 bridgehead atoms. The van der Waals surface area contributed by atoms with Crippen molar-refractivity contribution in [3.63, 3.8) is 0 Å². The van der Waals surface area contributed by atoms with Gasteiger partial charge in [0, 0.05) is 37.2 Å². The van der Waals surface area contributed by atoms with Crippen molar-refractivity contribution in [1.29, 1.82) is 0 Å². The van der Waals surface area contributed by atoms with Gasteiger partial charge >= 0.3 is 0 Å². The molecule has 0 saturated heterocycles. The quantitative estimate of drug-likeness (QED) is 0.369. The molecular formula is C21H15N3OS3. The van der Waals surface area contributed by atoms with Crippen LogP contribution in [0.15, 0.2) is 63.7 Å². The molecule has 0 atom stereocenters. The Hall–Kier alpha value is -2.48. The maximum Gasteiger partial charge on any atom is 0.260 e. The number of aromatic nitrogens is 3. The molecule has 5 rings (SSSR count). The number of thioether (sulfide) groups is 1. The summed E-state index contributed by atoms with van der Waals surface area (Å²) in [7, 11) is 0. The Morgan fingerprint density at radius 2 is 2.04 bits per heavy atom. The zero-order chi connectivity index (χ0) is 19.1. The second-order valence-corrected chi connectivity index (χ2v) is 9.53. The van der Waals surface area contributed by atoms with Gasteiger partial charge in [0.1, 0.15) is 10.7 Å². The number of benzene rings is 1. The molecule has 0 saturated carbocycles. The fraction of sp³-hybridized carbons (Fsp3) is 0.0952. The van der Waals surface area contributed by atoms with E-state index in [9.17, 15) is 4.79 Å². The normalized spacial score (nSPS) is 11.5. The zero-order valence-corrected chi connectivity index (χ0v) is 17.4. The molecule has 4 nitrogen and oxygen atoms in total. The highest BCUT2D eigenvalue weighted by molar-refractivity contribution is 7.98. The summed E-state index contributed by atoms with van der Waals surface area (Å²) < 4.78 is 0. The number of nitrogens with one attached hydrogen (secondary N) is 1. The Kier molecular flexibility index (Phi) is 4.50. The third-order valence-corrected chi connectivity index (χ3v) is 7.46. The Morgan fingerprint density at radius 1 is 1.14 bits per heavy atom. The van der Waals surface area contributed by atoms with E-state index in [-0.39, 0.29) is 5.56 Å². The average Bonchev–Trinajstić information content (AvgIpc) is 3.32. The number of rotatable bonds is 4. The van der Waals surface area contributed by atoms with Crippen molar-refractivity contribution in [2.75, 3.05) is 0 Å². The molecule has 0 amide bonds. The lowest BCUT2D eigenvalue weighted by atomic mass is 10.2. The lowest BCUT2D eigenvalue weighted by Gasteiger charge is -2.05. The summed E-state index contributed by atoms with van der Waals surface area (Å²) in [6, 6.07) is 14.2. The number of aromatic amines is 1.